The molecular formula is C13H15ClN2S. The maximum absolute atomic E-state index is 4.19. The van der Waals surface area contributed by atoms with Crippen molar-refractivity contribution >= 4 is 35.6 Å². The van der Waals surface area contributed by atoms with Crippen LogP contribution in [0.1, 0.15) is 15.3 Å². The number of nitrogens with one attached hydrogen (secondary N) is 1. The molecule has 1 aromatic carbocycles. The third kappa shape index (κ3) is 4.21. The standard InChI is InChI=1S/C13H14N2S.ClH/c1-10-3-6-12(7-4-10)15-14-9-13-8-5-11(2)16-13;/h3-9,15H,1-2H3;1H. The Morgan fingerprint density at radius 3 is 2.35 bits per heavy atom. The Bertz CT molecular complexity index is 488. The van der Waals surface area contributed by atoms with Crippen molar-refractivity contribution in [2.24, 2.45) is 5.10 Å². The van der Waals surface area contributed by atoms with Crippen molar-refractivity contribution in [3.8, 4) is 0 Å². The van der Waals surface area contributed by atoms with Crippen molar-refractivity contribution in [2.75, 3.05) is 5.43 Å². The number of aryl methyl sites for hydroxylation is 2. The zero-order valence-electron chi connectivity index (χ0n) is 9.81. The van der Waals surface area contributed by atoms with E-state index in [2.05, 4.69) is 48.6 Å². The first-order valence-electron chi connectivity index (χ1n) is 5.16. The molecule has 1 aromatic heterocycles. The van der Waals surface area contributed by atoms with Crippen molar-refractivity contribution in [1.29, 1.82) is 0 Å². The van der Waals surface area contributed by atoms with Crippen molar-refractivity contribution < 1.29 is 0 Å². The molecule has 2 rings (SSSR count). The third-order valence-electron chi connectivity index (χ3n) is 2.20. The highest BCUT2D eigenvalue weighted by atomic mass is 35.5. The van der Waals surface area contributed by atoms with E-state index in [1.807, 2.05) is 18.3 Å². The monoisotopic (exact) mass is 266 g/mol. The van der Waals surface area contributed by atoms with Gasteiger partial charge in [-0.3, -0.25) is 5.43 Å². The molecular weight excluding hydrogens is 252 g/mol. The summed E-state index contributed by atoms with van der Waals surface area (Å²) in [5, 5.41) is 4.19. The van der Waals surface area contributed by atoms with Gasteiger partial charge in [0.1, 0.15) is 0 Å². The first-order valence-corrected chi connectivity index (χ1v) is 5.98. The van der Waals surface area contributed by atoms with Gasteiger partial charge in [-0.1, -0.05) is 17.7 Å². The fourth-order valence-corrected chi connectivity index (χ4v) is 2.07. The summed E-state index contributed by atoms with van der Waals surface area (Å²) >= 11 is 1.74. The van der Waals surface area contributed by atoms with Crippen LogP contribution in [0.5, 0.6) is 0 Å². The van der Waals surface area contributed by atoms with Gasteiger partial charge in [0.15, 0.2) is 0 Å². The van der Waals surface area contributed by atoms with Gasteiger partial charge in [-0.15, -0.1) is 23.7 Å². The summed E-state index contributed by atoms with van der Waals surface area (Å²) in [4.78, 5) is 2.47. The van der Waals surface area contributed by atoms with Gasteiger partial charge in [0.25, 0.3) is 0 Å². The number of nitrogens with zero attached hydrogens (tertiary/aromatic N) is 1. The maximum atomic E-state index is 4.19. The summed E-state index contributed by atoms with van der Waals surface area (Å²) in [5.74, 6) is 0. The van der Waals surface area contributed by atoms with E-state index in [-0.39, 0.29) is 12.4 Å². The van der Waals surface area contributed by atoms with Crippen LogP contribution in [0.15, 0.2) is 41.5 Å². The predicted molar refractivity (Wildman–Crippen MR) is 78.7 cm³/mol. The number of anilines is 1. The number of thiophene rings is 1. The predicted octanol–water partition coefficient (Wildman–Crippen LogP) is 4.23. The Morgan fingerprint density at radius 2 is 1.76 bits per heavy atom. The smallest absolute Gasteiger partial charge is 0.0644 e. The lowest BCUT2D eigenvalue weighted by atomic mass is 10.2. The van der Waals surface area contributed by atoms with E-state index in [1.54, 1.807) is 11.3 Å². The van der Waals surface area contributed by atoms with Crippen molar-refractivity contribution in [3.05, 3.63) is 51.7 Å². The average molecular weight is 267 g/mol. The van der Waals surface area contributed by atoms with Gasteiger partial charge in [-0.05, 0) is 38.1 Å². The van der Waals surface area contributed by atoms with E-state index >= 15 is 0 Å². The van der Waals surface area contributed by atoms with Crippen LogP contribution in [0.2, 0.25) is 0 Å². The molecule has 0 unspecified atom stereocenters. The minimum atomic E-state index is 0. The summed E-state index contributed by atoms with van der Waals surface area (Å²) in [5.41, 5.74) is 5.27. The van der Waals surface area contributed by atoms with E-state index in [4.69, 9.17) is 0 Å². The molecule has 1 heterocycles. The highest BCUT2D eigenvalue weighted by Crippen LogP contribution is 2.13. The molecule has 2 aromatic rings. The Hall–Kier alpha value is -1.32. The number of hydrogen-bond acceptors (Lipinski definition) is 3. The third-order valence-corrected chi connectivity index (χ3v) is 3.13. The summed E-state index contributed by atoms with van der Waals surface area (Å²) in [6.07, 6.45) is 1.84. The molecule has 0 amide bonds. The Morgan fingerprint density at radius 1 is 1.06 bits per heavy atom. The Kier molecular flexibility index (Phi) is 5.19. The van der Waals surface area contributed by atoms with E-state index < -0.39 is 0 Å². The molecule has 4 heteroatoms. The summed E-state index contributed by atoms with van der Waals surface area (Å²) in [7, 11) is 0. The van der Waals surface area contributed by atoms with Gasteiger partial charge < -0.3 is 0 Å². The fraction of sp³-hybridized carbons (Fsp3) is 0.154. The Labute approximate surface area is 112 Å². The van der Waals surface area contributed by atoms with Gasteiger partial charge in [-0.2, -0.15) is 5.10 Å². The molecule has 0 atom stereocenters. The van der Waals surface area contributed by atoms with Gasteiger partial charge in [0.05, 0.1) is 11.9 Å². The second kappa shape index (κ2) is 6.42. The Balaban J connectivity index is 0.00000144. The van der Waals surface area contributed by atoms with E-state index in [0.717, 1.165) is 10.6 Å². The quantitative estimate of drug-likeness (QED) is 0.652. The fourth-order valence-electron chi connectivity index (χ4n) is 1.32. The molecule has 0 bridgehead atoms. The lowest BCUT2D eigenvalue weighted by Gasteiger charge is -1.99. The number of hydrogen-bond donors (Lipinski definition) is 1. The molecule has 1 N–H and O–H groups in total. The minimum Gasteiger partial charge on any atom is -0.278 e. The molecule has 0 saturated carbocycles. The summed E-state index contributed by atoms with van der Waals surface area (Å²) in [6.45, 7) is 4.16. The average Bonchev–Trinajstić information content (AvgIpc) is 2.67. The summed E-state index contributed by atoms with van der Waals surface area (Å²) < 4.78 is 0. The van der Waals surface area contributed by atoms with Crippen LogP contribution in [0.4, 0.5) is 5.69 Å². The van der Waals surface area contributed by atoms with Crippen LogP contribution in [-0.2, 0) is 0 Å². The van der Waals surface area contributed by atoms with E-state index in [1.165, 1.54) is 10.4 Å². The number of benzene rings is 1. The molecule has 0 radical (unpaired) electrons. The van der Waals surface area contributed by atoms with E-state index in [9.17, 15) is 0 Å². The van der Waals surface area contributed by atoms with Crippen molar-refractivity contribution in [3.63, 3.8) is 0 Å². The van der Waals surface area contributed by atoms with Gasteiger partial charge in [0.2, 0.25) is 0 Å². The lowest BCUT2D eigenvalue weighted by Crippen LogP contribution is -1.88. The first-order chi connectivity index (χ1) is 7.74. The molecule has 17 heavy (non-hydrogen) atoms. The molecule has 0 aliphatic carbocycles. The lowest BCUT2D eigenvalue weighted by molar-refractivity contribution is 1.34. The van der Waals surface area contributed by atoms with E-state index in [0.29, 0.717) is 0 Å². The van der Waals surface area contributed by atoms with Crippen molar-refractivity contribution in [2.45, 2.75) is 13.8 Å². The topological polar surface area (TPSA) is 24.4 Å². The largest absolute Gasteiger partial charge is 0.278 e. The molecule has 0 aliphatic heterocycles. The first kappa shape index (κ1) is 13.7. The van der Waals surface area contributed by atoms with Crippen LogP contribution in [0.3, 0.4) is 0 Å². The highest BCUT2D eigenvalue weighted by molar-refractivity contribution is 7.13. The SMILES string of the molecule is Cc1ccc(NN=Cc2ccc(C)s2)cc1.Cl. The summed E-state index contributed by atoms with van der Waals surface area (Å²) in [6, 6.07) is 12.3. The zero-order chi connectivity index (χ0) is 11.4. The maximum Gasteiger partial charge on any atom is 0.0644 e. The van der Waals surface area contributed by atoms with Crippen LogP contribution in [-0.4, -0.2) is 6.21 Å². The molecule has 0 fully saturated rings. The van der Waals surface area contributed by atoms with Crippen molar-refractivity contribution in [1.82, 2.24) is 0 Å². The normalized spacial score (nSPS) is 10.2. The molecule has 2 nitrogen and oxygen atoms in total. The van der Waals surface area contributed by atoms with Crippen LogP contribution < -0.4 is 5.43 Å². The molecule has 90 valence electrons. The highest BCUT2D eigenvalue weighted by Gasteiger charge is 1.92. The second-order valence-electron chi connectivity index (χ2n) is 3.68. The van der Waals surface area contributed by atoms with Crippen LogP contribution in [0, 0.1) is 13.8 Å². The van der Waals surface area contributed by atoms with Gasteiger partial charge in [-0.25, -0.2) is 0 Å². The number of rotatable bonds is 3. The molecule has 0 spiro atoms. The minimum absolute atomic E-state index is 0. The molecule has 0 aliphatic rings. The van der Waals surface area contributed by atoms with Crippen LogP contribution >= 0.6 is 23.7 Å². The zero-order valence-corrected chi connectivity index (χ0v) is 11.4. The second-order valence-corrected chi connectivity index (χ2v) is 5.00. The van der Waals surface area contributed by atoms with Gasteiger partial charge >= 0.3 is 0 Å². The number of halogens is 1. The van der Waals surface area contributed by atoms with Gasteiger partial charge in [0, 0.05) is 9.75 Å². The van der Waals surface area contributed by atoms with Crippen LogP contribution in [0.25, 0.3) is 0 Å². The molecule has 0 saturated heterocycles. The number of hydrazone groups is 1.